The second-order valence-electron chi connectivity index (χ2n) is 3.70. The lowest BCUT2D eigenvalue weighted by Crippen LogP contribution is -2.35. The normalized spacial score (nSPS) is 11.8. The molecule has 1 heterocycles. The Balaban J connectivity index is 2.84. The van der Waals surface area contributed by atoms with E-state index in [1.165, 1.54) is 0 Å². The molecule has 2 N–H and O–H groups in total. The second kappa shape index (κ2) is 5.11. The number of anilines is 1. The first-order valence-corrected chi connectivity index (χ1v) is 7.00. The lowest BCUT2D eigenvalue weighted by molar-refractivity contribution is 0.575. The molecular weight excluding hydrogens is 294 g/mol. The fourth-order valence-corrected chi connectivity index (χ4v) is 2.36. The highest BCUT2D eigenvalue weighted by Gasteiger charge is 2.12. The SMILES string of the molecule is Cc1cc(NS(=O)(=O)NC(C)C)ncc1Br. The van der Waals surface area contributed by atoms with Crippen LogP contribution in [0.25, 0.3) is 0 Å². The van der Waals surface area contributed by atoms with Crippen molar-refractivity contribution < 1.29 is 8.42 Å². The first-order valence-electron chi connectivity index (χ1n) is 4.72. The quantitative estimate of drug-likeness (QED) is 0.891. The summed E-state index contributed by atoms with van der Waals surface area (Å²) in [7, 11) is -3.54. The van der Waals surface area contributed by atoms with Gasteiger partial charge in [-0.05, 0) is 48.3 Å². The zero-order valence-corrected chi connectivity index (χ0v) is 11.7. The van der Waals surface area contributed by atoms with E-state index in [1.54, 1.807) is 26.1 Å². The first-order chi connectivity index (χ1) is 7.30. The highest BCUT2D eigenvalue weighted by atomic mass is 79.9. The number of aryl methyl sites for hydroxylation is 1. The summed E-state index contributed by atoms with van der Waals surface area (Å²) in [4.78, 5) is 3.95. The maximum Gasteiger partial charge on any atom is 0.300 e. The third-order valence-corrected chi connectivity index (χ3v) is 3.77. The van der Waals surface area contributed by atoms with Crippen LogP contribution in [0.5, 0.6) is 0 Å². The van der Waals surface area contributed by atoms with Gasteiger partial charge in [-0.15, -0.1) is 0 Å². The van der Waals surface area contributed by atoms with Crippen molar-refractivity contribution in [1.82, 2.24) is 9.71 Å². The highest BCUT2D eigenvalue weighted by molar-refractivity contribution is 9.10. The van der Waals surface area contributed by atoms with E-state index in [1.807, 2.05) is 6.92 Å². The van der Waals surface area contributed by atoms with Gasteiger partial charge in [-0.2, -0.15) is 13.1 Å². The molecule has 0 amide bonds. The molecule has 0 aliphatic rings. The summed E-state index contributed by atoms with van der Waals surface area (Å²) in [6.07, 6.45) is 1.56. The minimum Gasteiger partial charge on any atom is -0.255 e. The maximum absolute atomic E-state index is 11.5. The van der Waals surface area contributed by atoms with Gasteiger partial charge in [0.05, 0.1) is 0 Å². The predicted molar refractivity (Wildman–Crippen MR) is 67.5 cm³/mol. The number of pyridine rings is 1. The van der Waals surface area contributed by atoms with E-state index >= 15 is 0 Å². The van der Waals surface area contributed by atoms with Gasteiger partial charge >= 0.3 is 0 Å². The third kappa shape index (κ3) is 4.07. The molecule has 0 saturated carbocycles. The molecule has 0 saturated heterocycles. The molecule has 1 aromatic heterocycles. The van der Waals surface area contributed by atoms with Crippen LogP contribution in [0.3, 0.4) is 0 Å². The van der Waals surface area contributed by atoms with Crippen LogP contribution in [0, 0.1) is 6.92 Å². The summed E-state index contributed by atoms with van der Waals surface area (Å²) >= 11 is 3.29. The Labute approximate surface area is 104 Å². The van der Waals surface area contributed by atoms with Gasteiger partial charge in [0, 0.05) is 16.7 Å². The molecule has 0 aliphatic heterocycles. The number of hydrogen-bond donors (Lipinski definition) is 2. The summed E-state index contributed by atoms with van der Waals surface area (Å²) in [6, 6.07) is 1.50. The molecule has 1 aromatic rings. The van der Waals surface area contributed by atoms with Gasteiger partial charge in [-0.25, -0.2) is 4.98 Å². The molecule has 0 fully saturated rings. The standard InChI is InChI=1S/C9H14BrN3O2S/c1-6(2)12-16(14,15)13-9-4-7(3)8(10)5-11-9/h4-6,12H,1-3H3,(H,11,13). The number of rotatable bonds is 4. The summed E-state index contributed by atoms with van der Waals surface area (Å²) < 4.78 is 28.7. The summed E-state index contributed by atoms with van der Waals surface area (Å²) in [5.74, 6) is 0.300. The van der Waals surface area contributed by atoms with E-state index in [0.717, 1.165) is 10.0 Å². The molecule has 16 heavy (non-hydrogen) atoms. The van der Waals surface area contributed by atoms with Crippen LogP contribution >= 0.6 is 15.9 Å². The van der Waals surface area contributed by atoms with E-state index < -0.39 is 10.2 Å². The molecule has 0 radical (unpaired) electrons. The lowest BCUT2D eigenvalue weighted by Gasteiger charge is -2.11. The molecule has 0 unspecified atom stereocenters. The van der Waals surface area contributed by atoms with Gasteiger partial charge in [0.15, 0.2) is 0 Å². The zero-order valence-electron chi connectivity index (χ0n) is 9.28. The number of aromatic nitrogens is 1. The molecule has 5 nitrogen and oxygen atoms in total. The monoisotopic (exact) mass is 307 g/mol. The smallest absolute Gasteiger partial charge is 0.255 e. The van der Waals surface area contributed by atoms with E-state index in [2.05, 4.69) is 30.4 Å². The van der Waals surface area contributed by atoms with Gasteiger partial charge in [-0.1, -0.05) is 0 Å². The van der Waals surface area contributed by atoms with Gasteiger partial charge in [0.25, 0.3) is 10.2 Å². The maximum atomic E-state index is 11.5. The topological polar surface area (TPSA) is 71.1 Å². The lowest BCUT2D eigenvalue weighted by atomic mass is 10.3. The van der Waals surface area contributed by atoms with Crippen LogP contribution in [-0.4, -0.2) is 19.4 Å². The van der Waals surface area contributed by atoms with E-state index in [9.17, 15) is 8.42 Å². The number of nitrogens with one attached hydrogen (secondary N) is 2. The Morgan fingerprint density at radius 2 is 2.06 bits per heavy atom. The van der Waals surface area contributed by atoms with Crippen molar-refractivity contribution in [3.8, 4) is 0 Å². The van der Waals surface area contributed by atoms with Crippen LogP contribution in [0.15, 0.2) is 16.7 Å². The van der Waals surface area contributed by atoms with Crippen molar-refractivity contribution in [2.45, 2.75) is 26.8 Å². The number of hydrogen-bond acceptors (Lipinski definition) is 3. The predicted octanol–water partition coefficient (Wildman–Crippen LogP) is 1.81. The molecule has 0 aromatic carbocycles. The second-order valence-corrected chi connectivity index (χ2v) is 6.00. The minimum absolute atomic E-state index is 0.158. The van der Waals surface area contributed by atoms with Crippen LogP contribution in [0.1, 0.15) is 19.4 Å². The molecular formula is C9H14BrN3O2S. The Bertz CT molecular complexity index is 474. The fourth-order valence-electron chi connectivity index (χ4n) is 1.07. The zero-order chi connectivity index (χ0) is 12.3. The van der Waals surface area contributed by atoms with Crippen LogP contribution in [-0.2, 0) is 10.2 Å². The van der Waals surface area contributed by atoms with Crippen LogP contribution < -0.4 is 9.44 Å². The fraction of sp³-hybridized carbons (Fsp3) is 0.444. The molecule has 7 heteroatoms. The van der Waals surface area contributed by atoms with Gasteiger partial charge in [0.2, 0.25) is 0 Å². The average molecular weight is 308 g/mol. The minimum atomic E-state index is -3.54. The number of nitrogens with zero attached hydrogens (tertiary/aromatic N) is 1. The Morgan fingerprint density at radius 3 is 2.56 bits per heavy atom. The summed E-state index contributed by atoms with van der Waals surface area (Å²) in [5, 5.41) is 0. The molecule has 0 bridgehead atoms. The van der Waals surface area contributed by atoms with Crippen molar-refractivity contribution in [3.05, 3.63) is 22.3 Å². The summed E-state index contributed by atoms with van der Waals surface area (Å²) in [5.41, 5.74) is 0.914. The number of halogens is 1. The van der Waals surface area contributed by atoms with Crippen molar-refractivity contribution in [1.29, 1.82) is 0 Å². The van der Waals surface area contributed by atoms with E-state index in [4.69, 9.17) is 0 Å². The molecule has 90 valence electrons. The molecule has 0 aliphatic carbocycles. The summed E-state index contributed by atoms with van der Waals surface area (Å²) in [6.45, 7) is 5.36. The van der Waals surface area contributed by atoms with E-state index in [-0.39, 0.29) is 6.04 Å². The molecule has 0 spiro atoms. The molecule has 0 atom stereocenters. The first kappa shape index (κ1) is 13.4. The van der Waals surface area contributed by atoms with Crippen molar-refractivity contribution >= 4 is 32.0 Å². The third-order valence-electron chi connectivity index (χ3n) is 1.68. The Morgan fingerprint density at radius 1 is 1.44 bits per heavy atom. The Hall–Kier alpha value is -0.660. The van der Waals surface area contributed by atoms with Gasteiger partial charge < -0.3 is 0 Å². The van der Waals surface area contributed by atoms with Crippen molar-refractivity contribution in [2.24, 2.45) is 0 Å². The van der Waals surface area contributed by atoms with Crippen molar-refractivity contribution in [3.63, 3.8) is 0 Å². The van der Waals surface area contributed by atoms with Crippen LogP contribution in [0.4, 0.5) is 5.82 Å². The van der Waals surface area contributed by atoms with Crippen molar-refractivity contribution in [2.75, 3.05) is 4.72 Å². The average Bonchev–Trinajstić information content (AvgIpc) is 2.08. The van der Waals surface area contributed by atoms with Gasteiger partial charge in [0.1, 0.15) is 5.82 Å². The van der Waals surface area contributed by atoms with Crippen LogP contribution in [0.2, 0.25) is 0 Å². The highest BCUT2D eigenvalue weighted by Crippen LogP contribution is 2.17. The van der Waals surface area contributed by atoms with E-state index in [0.29, 0.717) is 5.82 Å². The van der Waals surface area contributed by atoms with Gasteiger partial charge in [-0.3, -0.25) is 4.72 Å². The Kier molecular flexibility index (Phi) is 4.28. The molecule has 1 rings (SSSR count). The largest absolute Gasteiger partial charge is 0.300 e.